The maximum Gasteiger partial charge on any atom is 0.146 e. The third kappa shape index (κ3) is 2.75. The summed E-state index contributed by atoms with van der Waals surface area (Å²) in [6.45, 7) is 6.00. The second kappa shape index (κ2) is 5.75. The largest absolute Gasteiger partial charge is 0.317 e. The molecule has 4 heteroatoms. The van der Waals surface area contributed by atoms with E-state index in [4.69, 9.17) is 0 Å². The minimum Gasteiger partial charge on any atom is -0.317 e. The van der Waals surface area contributed by atoms with Gasteiger partial charge in [-0.25, -0.2) is 0 Å². The summed E-state index contributed by atoms with van der Waals surface area (Å²) in [5.74, 6) is 1.75. The van der Waals surface area contributed by atoms with Crippen LogP contribution in [0.25, 0.3) is 0 Å². The topological polar surface area (TPSA) is 42.7 Å². The normalized spacial score (nSPS) is 21.7. The van der Waals surface area contributed by atoms with Gasteiger partial charge in [-0.05, 0) is 38.2 Å². The second-order valence-electron chi connectivity index (χ2n) is 5.69. The van der Waals surface area contributed by atoms with Gasteiger partial charge in [0, 0.05) is 12.6 Å². The molecule has 106 valence electrons. The van der Waals surface area contributed by atoms with Gasteiger partial charge < -0.3 is 9.88 Å². The van der Waals surface area contributed by atoms with E-state index >= 15 is 0 Å². The molecule has 1 aliphatic carbocycles. The predicted molar refractivity (Wildman–Crippen MR) is 79.5 cm³/mol. The van der Waals surface area contributed by atoms with Crippen molar-refractivity contribution in [1.29, 1.82) is 0 Å². The highest BCUT2D eigenvalue weighted by Gasteiger charge is 2.29. The number of hydrogen-bond acceptors (Lipinski definition) is 3. The van der Waals surface area contributed by atoms with Crippen molar-refractivity contribution in [3.05, 3.63) is 47.5 Å². The summed E-state index contributed by atoms with van der Waals surface area (Å²) in [5.41, 5.74) is 2.81. The molecule has 0 radical (unpaired) electrons. The van der Waals surface area contributed by atoms with Crippen molar-refractivity contribution in [1.82, 2.24) is 20.1 Å². The van der Waals surface area contributed by atoms with Crippen molar-refractivity contribution in [3.63, 3.8) is 0 Å². The summed E-state index contributed by atoms with van der Waals surface area (Å²) in [4.78, 5) is 0. The second-order valence-corrected chi connectivity index (χ2v) is 5.69. The number of aromatic nitrogens is 3. The molecule has 20 heavy (non-hydrogen) atoms. The highest BCUT2D eigenvalue weighted by molar-refractivity contribution is 5.26. The van der Waals surface area contributed by atoms with Gasteiger partial charge in [-0.2, -0.15) is 0 Å². The zero-order chi connectivity index (χ0) is 13.9. The van der Waals surface area contributed by atoms with Crippen molar-refractivity contribution >= 4 is 0 Å². The fourth-order valence-electron chi connectivity index (χ4n) is 2.81. The number of benzene rings is 1. The highest BCUT2D eigenvalue weighted by Crippen LogP contribution is 2.36. The van der Waals surface area contributed by atoms with Crippen LogP contribution in [0.2, 0.25) is 0 Å². The third-order valence-electron chi connectivity index (χ3n) is 4.27. The van der Waals surface area contributed by atoms with E-state index < -0.39 is 0 Å². The van der Waals surface area contributed by atoms with Crippen LogP contribution in [0.3, 0.4) is 0 Å². The van der Waals surface area contributed by atoms with Crippen LogP contribution in [-0.4, -0.2) is 20.8 Å². The Morgan fingerprint density at radius 2 is 2.00 bits per heavy atom. The molecule has 0 unspecified atom stereocenters. The van der Waals surface area contributed by atoms with Crippen LogP contribution in [0.1, 0.15) is 42.6 Å². The number of aryl methyl sites for hydroxylation is 2. The Morgan fingerprint density at radius 1 is 1.25 bits per heavy atom. The van der Waals surface area contributed by atoms with Gasteiger partial charge in [-0.15, -0.1) is 10.2 Å². The van der Waals surface area contributed by atoms with Gasteiger partial charge in [0.1, 0.15) is 12.2 Å². The van der Waals surface area contributed by atoms with Gasteiger partial charge in [0.2, 0.25) is 0 Å². The van der Waals surface area contributed by atoms with Crippen molar-refractivity contribution < 1.29 is 0 Å². The lowest BCUT2D eigenvalue weighted by atomic mass is 9.76. The summed E-state index contributed by atoms with van der Waals surface area (Å²) >= 11 is 0. The first-order valence-electron chi connectivity index (χ1n) is 7.43. The van der Waals surface area contributed by atoms with Crippen LogP contribution < -0.4 is 5.32 Å². The van der Waals surface area contributed by atoms with E-state index in [-0.39, 0.29) is 0 Å². The smallest absolute Gasteiger partial charge is 0.146 e. The molecule has 3 rings (SSSR count). The van der Waals surface area contributed by atoms with E-state index in [0.29, 0.717) is 6.04 Å². The summed E-state index contributed by atoms with van der Waals surface area (Å²) in [7, 11) is 0. The van der Waals surface area contributed by atoms with E-state index in [2.05, 4.69) is 58.2 Å². The molecule has 0 atom stereocenters. The zero-order valence-corrected chi connectivity index (χ0v) is 12.2. The summed E-state index contributed by atoms with van der Waals surface area (Å²) < 4.78 is 2.09. The van der Waals surface area contributed by atoms with Gasteiger partial charge in [-0.3, -0.25) is 0 Å². The lowest BCUT2D eigenvalue weighted by molar-refractivity contribution is 0.286. The average Bonchev–Trinajstić information content (AvgIpc) is 2.86. The highest BCUT2D eigenvalue weighted by atomic mass is 15.3. The van der Waals surface area contributed by atoms with Gasteiger partial charge in [-0.1, -0.05) is 29.8 Å². The predicted octanol–water partition coefficient (Wildman–Crippen LogP) is 2.64. The zero-order valence-electron chi connectivity index (χ0n) is 12.2. The Morgan fingerprint density at radius 3 is 2.70 bits per heavy atom. The molecule has 0 aliphatic heterocycles. The molecule has 0 amide bonds. The molecule has 1 fully saturated rings. The van der Waals surface area contributed by atoms with E-state index in [1.54, 1.807) is 6.33 Å². The number of rotatable bonds is 5. The Balaban J connectivity index is 1.48. The van der Waals surface area contributed by atoms with Crippen LogP contribution in [0, 0.1) is 6.92 Å². The number of nitrogens with one attached hydrogen (secondary N) is 1. The minimum absolute atomic E-state index is 0.614. The Hall–Kier alpha value is -1.68. The molecule has 1 heterocycles. The van der Waals surface area contributed by atoms with E-state index in [0.717, 1.165) is 24.8 Å². The summed E-state index contributed by atoms with van der Waals surface area (Å²) in [5, 5.41) is 11.7. The lowest BCUT2D eigenvalue weighted by Gasteiger charge is -2.36. The SMILES string of the molecule is CCn1cnnc1CNC1CC(c2ccc(C)cc2)C1. The van der Waals surface area contributed by atoms with Gasteiger partial charge in [0.05, 0.1) is 6.54 Å². The maximum absolute atomic E-state index is 4.15. The molecule has 4 nitrogen and oxygen atoms in total. The van der Waals surface area contributed by atoms with Crippen LogP contribution in [-0.2, 0) is 13.1 Å². The number of hydrogen-bond donors (Lipinski definition) is 1. The maximum atomic E-state index is 4.15. The van der Waals surface area contributed by atoms with Crippen LogP contribution in [0.15, 0.2) is 30.6 Å². The Kier molecular flexibility index (Phi) is 3.83. The standard InChI is InChI=1S/C16H22N4/c1-3-20-11-18-19-16(20)10-17-15-8-14(9-15)13-6-4-12(2)5-7-13/h4-7,11,14-15,17H,3,8-10H2,1-2H3. The minimum atomic E-state index is 0.614. The van der Waals surface area contributed by atoms with Crippen molar-refractivity contribution in [2.75, 3.05) is 0 Å². The quantitative estimate of drug-likeness (QED) is 0.908. The van der Waals surface area contributed by atoms with Crippen molar-refractivity contribution in [2.24, 2.45) is 0 Å². The van der Waals surface area contributed by atoms with E-state index in [9.17, 15) is 0 Å². The molecule has 1 aromatic carbocycles. The molecule has 0 spiro atoms. The molecule has 1 saturated carbocycles. The first-order valence-corrected chi connectivity index (χ1v) is 7.43. The number of nitrogens with zero attached hydrogens (tertiary/aromatic N) is 3. The molecule has 1 aromatic heterocycles. The molecular weight excluding hydrogens is 248 g/mol. The van der Waals surface area contributed by atoms with Gasteiger partial charge >= 0.3 is 0 Å². The molecular formula is C16H22N4. The first kappa shape index (κ1) is 13.3. The monoisotopic (exact) mass is 270 g/mol. The van der Waals surface area contributed by atoms with E-state index in [1.165, 1.54) is 24.0 Å². The molecule has 0 saturated heterocycles. The van der Waals surface area contributed by atoms with Gasteiger partial charge in [0.25, 0.3) is 0 Å². The Bertz CT molecular complexity index is 552. The molecule has 1 aliphatic rings. The van der Waals surface area contributed by atoms with Crippen molar-refractivity contribution in [3.8, 4) is 0 Å². The third-order valence-corrected chi connectivity index (χ3v) is 4.27. The fraction of sp³-hybridized carbons (Fsp3) is 0.500. The van der Waals surface area contributed by atoms with Crippen molar-refractivity contribution in [2.45, 2.75) is 51.7 Å². The average molecular weight is 270 g/mol. The molecule has 1 N–H and O–H groups in total. The molecule has 2 aromatic rings. The Labute approximate surface area is 120 Å². The fourth-order valence-corrected chi connectivity index (χ4v) is 2.81. The van der Waals surface area contributed by atoms with Crippen LogP contribution in [0.5, 0.6) is 0 Å². The van der Waals surface area contributed by atoms with Crippen LogP contribution in [0.4, 0.5) is 0 Å². The van der Waals surface area contributed by atoms with Crippen LogP contribution >= 0.6 is 0 Å². The molecule has 0 bridgehead atoms. The first-order chi connectivity index (χ1) is 9.76. The lowest BCUT2D eigenvalue weighted by Crippen LogP contribution is -2.40. The summed E-state index contributed by atoms with van der Waals surface area (Å²) in [6, 6.07) is 9.57. The van der Waals surface area contributed by atoms with E-state index in [1.807, 2.05) is 0 Å². The summed E-state index contributed by atoms with van der Waals surface area (Å²) in [6.07, 6.45) is 4.25. The van der Waals surface area contributed by atoms with Gasteiger partial charge in [0.15, 0.2) is 0 Å².